The number of likely N-dealkylation sites (N-methyl/N-ethyl adjacent to an activating group) is 1. The maximum atomic E-state index is 13.0. The molecule has 0 saturated carbocycles. The molecule has 0 aliphatic rings. The number of halogens is 1. The van der Waals surface area contributed by atoms with Crippen LogP contribution in [0.1, 0.15) is 22.8 Å². The molecule has 0 aliphatic heterocycles. The van der Waals surface area contributed by atoms with Crippen LogP contribution >= 0.6 is 0 Å². The van der Waals surface area contributed by atoms with Gasteiger partial charge in [-0.15, -0.1) is 0 Å². The van der Waals surface area contributed by atoms with Gasteiger partial charge in [-0.2, -0.15) is 0 Å². The van der Waals surface area contributed by atoms with Crippen LogP contribution in [0.4, 0.5) is 4.39 Å². The number of hydrogen-bond donors (Lipinski definition) is 1. The second-order valence-electron chi connectivity index (χ2n) is 4.12. The quantitative estimate of drug-likeness (QED) is 0.848. The fourth-order valence-corrected chi connectivity index (χ4v) is 1.41. The molecule has 0 saturated heterocycles. The van der Waals surface area contributed by atoms with Gasteiger partial charge in [-0.1, -0.05) is 6.92 Å². The Hall–Kier alpha value is -1.42. The second kappa shape index (κ2) is 6.35. The number of hydrogen-bond acceptors (Lipinski definition) is 2. The van der Waals surface area contributed by atoms with Crippen LogP contribution in [0, 0.1) is 12.7 Å². The minimum atomic E-state index is -0.285. The molecule has 0 bridgehead atoms. The molecular formula is C13H19FN2O. The van der Waals surface area contributed by atoms with Crippen molar-refractivity contribution in [3.05, 3.63) is 35.1 Å². The van der Waals surface area contributed by atoms with Gasteiger partial charge in [0.2, 0.25) is 0 Å². The highest BCUT2D eigenvalue weighted by molar-refractivity contribution is 5.94. The van der Waals surface area contributed by atoms with Crippen molar-refractivity contribution in [1.82, 2.24) is 10.2 Å². The molecule has 0 aromatic heterocycles. The topological polar surface area (TPSA) is 32.3 Å². The molecule has 0 fully saturated rings. The molecular weight excluding hydrogens is 219 g/mol. The highest BCUT2D eigenvalue weighted by atomic mass is 19.1. The van der Waals surface area contributed by atoms with Crippen LogP contribution in [-0.4, -0.2) is 37.5 Å². The summed E-state index contributed by atoms with van der Waals surface area (Å²) in [7, 11) is 1.99. The summed E-state index contributed by atoms with van der Waals surface area (Å²) in [5.74, 6) is -0.440. The first-order valence-corrected chi connectivity index (χ1v) is 5.77. The fourth-order valence-electron chi connectivity index (χ4n) is 1.41. The van der Waals surface area contributed by atoms with Crippen molar-refractivity contribution in [2.24, 2.45) is 0 Å². The number of aryl methyl sites for hydroxylation is 1. The van der Waals surface area contributed by atoms with E-state index < -0.39 is 0 Å². The minimum absolute atomic E-state index is 0.155. The Kier molecular flexibility index (Phi) is 5.10. The third kappa shape index (κ3) is 4.15. The van der Waals surface area contributed by atoms with Crippen LogP contribution in [0.3, 0.4) is 0 Å². The monoisotopic (exact) mass is 238 g/mol. The van der Waals surface area contributed by atoms with Crippen LogP contribution in [0.2, 0.25) is 0 Å². The number of rotatable bonds is 5. The summed E-state index contributed by atoms with van der Waals surface area (Å²) in [4.78, 5) is 13.8. The van der Waals surface area contributed by atoms with Crippen LogP contribution in [0.15, 0.2) is 18.2 Å². The first-order chi connectivity index (χ1) is 8.04. The zero-order valence-electron chi connectivity index (χ0n) is 10.6. The third-order valence-electron chi connectivity index (χ3n) is 2.74. The number of carbonyl (C=O) groups excluding carboxylic acids is 1. The van der Waals surface area contributed by atoms with E-state index in [1.807, 2.05) is 7.05 Å². The molecule has 0 heterocycles. The molecule has 1 amide bonds. The predicted octanol–water partition coefficient (Wildman–Crippen LogP) is 1.82. The molecule has 0 spiro atoms. The van der Waals surface area contributed by atoms with Gasteiger partial charge in [0.05, 0.1) is 0 Å². The normalized spacial score (nSPS) is 10.6. The Bertz CT molecular complexity index is 393. The van der Waals surface area contributed by atoms with Crippen molar-refractivity contribution in [3.8, 4) is 0 Å². The van der Waals surface area contributed by atoms with Gasteiger partial charge in [0, 0.05) is 18.7 Å². The second-order valence-corrected chi connectivity index (χ2v) is 4.12. The Labute approximate surface area is 102 Å². The van der Waals surface area contributed by atoms with Gasteiger partial charge in [0.15, 0.2) is 0 Å². The van der Waals surface area contributed by atoms with Crippen molar-refractivity contribution in [2.75, 3.05) is 26.7 Å². The number of carbonyl (C=O) groups is 1. The summed E-state index contributed by atoms with van der Waals surface area (Å²) in [6.45, 7) is 6.07. The van der Waals surface area contributed by atoms with Crippen molar-refractivity contribution in [1.29, 1.82) is 0 Å². The van der Waals surface area contributed by atoms with Crippen molar-refractivity contribution >= 4 is 5.91 Å². The first kappa shape index (κ1) is 13.6. The minimum Gasteiger partial charge on any atom is -0.351 e. The van der Waals surface area contributed by atoms with Gasteiger partial charge in [-0.05, 0) is 44.3 Å². The molecule has 17 heavy (non-hydrogen) atoms. The molecule has 3 nitrogen and oxygen atoms in total. The van der Waals surface area contributed by atoms with Crippen LogP contribution in [-0.2, 0) is 0 Å². The molecule has 0 unspecified atom stereocenters. The van der Waals surface area contributed by atoms with E-state index >= 15 is 0 Å². The molecule has 0 radical (unpaired) electrons. The van der Waals surface area contributed by atoms with Gasteiger partial charge in [0.1, 0.15) is 5.82 Å². The van der Waals surface area contributed by atoms with Crippen LogP contribution in [0.5, 0.6) is 0 Å². The van der Waals surface area contributed by atoms with Crippen molar-refractivity contribution in [3.63, 3.8) is 0 Å². The van der Waals surface area contributed by atoms with E-state index in [4.69, 9.17) is 0 Å². The summed E-state index contributed by atoms with van der Waals surface area (Å²) in [5, 5.41) is 2.81. The summed E-state index contributed by atoms with van der Waals surface area (Å²) in [5.41, 5.74) is 0.992. The number of nitrogens with one attached hydrogen (secondary N) is 1. The maximum Gasteiger partial charge on any atom is 0.251 e. The third-order valence-corrected chi connectivity index (χ3v) is 2.74. The van der Waals surface area contributed by atoms with Gasteiger partial charge in [0.25, 0.3) is 5.91 Å². The first-order valence-electron chi connectivity index (χ1n) is 5.77. The van der Waals surface area contributed by atoms with Gasteiger partial charge >= 0.3 is 0 Å². The zero-order chi connectivity index (χ0) is 12.8. The van der Waals surface area contributed by atoms with Crippen molar-refractivity contribution < 1.29 is 9.18 Å². The lowest BCUT2D eigenvalue weighted by atomic mass is 10.1. The van der Waals surface area contributed by atoms with E-state index in [0.717, 1.165) is 13.1 Å². The highest BCUT2D eigenvalue weighted by Crippen LogP contribution is 2.08. The Morgan fingerprint density at radius 2 is 2.18 bits per heavy atom. The summed E-state index contributed by atoms with van der Waals surface area (Å²) in [6.07, 6.45) is 0. The van der Waals surface area contributed by atoms with E-state index in [1.54, 1.807) is 13.0 Å². The van der Waals surface area contributed by atoms with E-state index in [2.05, 4.69) is 17.1 Å². The lowest BCUT2D eigenvalue weighted by Crippen LogP contribution is -2.32. The molecule has 1 aromatic rings. The Morgan fingerprint density at radius 1 is 1.47 bits per heavy atom. The Morgan fingerprint density at radius 3 is 2.76 bits per heavy atom. The van der Waals surface area contributed by atoms with Gasteiger partial charge < -0.3 is 10.2 Å². The summed E-state index contributed by atoms with van der Waals surface area (Å²) in [6, 6.07) is 4.39. The molecule has 1 aromatic carbocycles. The zero-order valence-corrected chi connectivity index (χ0v) is 10.6. The van der Waals surface area contributed by atoms with Gasteiger partial charge in [-0.3, -0.25) is 4.79 Å². The predicted molar refractivity (Wildman–Crippen MR) is 66.6 cm³/mol. The Balaban J connectivity index is 2.50. The molecule has 4 heteroatoms. The molecule has 1 rings (SSSR count). The van der Waals surface area contributed by atoms with E-state index in [1.165, 1.54) is 12.1 Å². The van der Waals surface area contributed by atoms with E-state index in [-0.39, 0.29) is 11.7 Å². The van der Waals surface area contributed by atoms with E-state index in [9.17, 15) is 9.18 Å². The molecule has 94 valence electrons. The average Bonchev–Trinajstić information content (AvgIpc) is 2.32. The lowest BCUT2D eigenvalue weighted by molar-refractivity contribution is 0.0950. The SMILES string of the molecule is CCN(C)CCNC(=O)c1ccc(F)c(C)c1. The molecule has 0 atom stereocenters. The number of amides is 1. The summed E-state index contributed by atoms with van der Waals surface area (Å²) < 4.78 is 13.0. The van der Waals surface area contributed by atoms with E-state index in [0.29, 0.717) is 17.7 Å². The maximum absolute atomic E-state index is 13.0. The van der Waals surface area contributed by atoms with Crippen LogP contribution in [0.25, 0.3) is 0 Å². The van der Waals surface area contributed by atoms with Crippen molar-refractivity contribution in [2.45, 2.75) is 13.8 Å². The van der Waals surface area contributed by atoms with Crippen LogP contribution < -0.4 is 5.32 Å². The summed E-state index contributed by atoms with van der Waals surface area (Å²) >= 11 is 0. The fraction of sp³-hybridized carbons (Fsp3) is 0.462. The lowest BCUT2D eigenvalue weighted by Gasteiger charge is -2.14. The highest BCUT2D eigenvalue weighted by Gasteiger charge is 2.07. The molecule has 1 N–H and O–H groups in total. The smallest absolute Gasteiger partial charge is 0.251 e. The largest absolute Gasteiger partial charge is 0.351 e. The van der Waals surface area contributed by atoms with Gasteiger partial charge in [-0.25, -0.2) is 4.39 Å². The molecule has 0 aliphatic carbocycles. The number of benzene rings is 1. The standard InChI is InChI=1S/C13H19FN2O/c1-4-16(3)8-7-15-13(17)11-5-6-12(14)10(2)9-11/h5-6,9H,4,7-8H2,1-3H3,(H,15,17). The average molecular weight is 238 g/mol. The number of nitrogens with zero attached hydrogens (tertiary/aromatic N) is 1.